The van der Waals surface area contributed by atoms with E-state index < -0.39 is 0 Å². The van der Waals surface area contributed by atoms with Gasteiger partial charge in [-0.2, -0.15) is 0 Å². The molecule has 2 aliphatic carbocycles. The van der Waals surface area contributed by atoms with Gasteiger partial charge in [0.2, 0.25) is 0 Å². The highest BCUT2D eigenvalue weighted by molar-refractivity contribution is 5.37. The van der Waals surface area contributed by atoms with Crippen molar-refractivity contribution in [3.63, 3.8) is 0 Å². The maximum absolute atomic E-state index is 6.26. The lowest BCUT2D eigenvalue weighted by Crippen LogP contribution is -2.38. The summed E-state index contributed by atoms with van der Waals surface area (Å²) in [5.41, 5.74) is 9.03. The summed E-state index contributed by atoms with van der Waals surface area (Å²) >= 11 is 0. The van der Waals surface area contributed by atoms with Gasteiger partial charge in [-0.1, -0.05) is 38.1 Å². The van der Waals surface area contributed by atoms with Crippen molar-refractivity contribution in [3.8, 4) is 0 Å². The molecule has 3 N–H and O–H groups in total. The van der Waals surface area contributed by atoms with Gasteiger partial charge in [0.15, 0.2) is 0 Å². The largest absolute Gasteiger partial charge is 0.324 e. The van der Waals surface area contributed by atoms with E-state index in [2.05, 4.69) is 43.4 Å². The van der Waals surface area contributed by atoms with Gasteiger partial charge in [-0.3, -0.25) is 0 Å². The average Bonchev–Trinajstić information content (AvgIpc) is 2.66. The minimum absolute atomic E-state index is 0.215. The summed E-state index contributed by atoms with van der Waals surface area (Å²) < 4.78 is 0. The van der Waals surface area contributed by atoms with Crippen LogP contribution in [0.3, 0.4) is 0 Å². The Morgan fingerprint density at radius 1 is 0.947 bits per heavy atom. The molecule has 0 aliphatic heterocycles. The van der Waals surface area contributed by atoms with Crippen molar-refractivity contribution in [3.05, 3.63) is 35.4 Å². The highest BCUT2D eigenvalue weighted by Gasteiger charge is 2.31. The van der Waals surface area contributed by atoms with Crippen LogP contribution >= 0.6 is 0 Å². The number of hydrogen-bond donors (Lipinski definition) is 2. The molecule has 0 aromatic heterocycles. The Kier molecular flexibility index (Phi) is 3.64. The highest BCUT2D eigenvalue weighted by atomic mass is 15.0. The van der Waals surface area contributed by atoms with E-state index >= 15 is 0 Å². The van der Waals surface area contributed by atoms with Crippen LogP contribution in [0, 0.1) is 11.8 Å². The Balaban J connectivity index is 1.71. The molecule has 104 valence electrons. The molecule has 2 heteroatoms. The molecular formula is C17H26N2. The maximum Gasteiger partial charge on any atom is 0.0344 e. The first-order chi connectivity index (χ1) is 9.13. The number of rotatable bonds is 2. The summed E-state index contributed by atoms with van der Waals surface area (Å²) in [6.45, 7) is 4.78. The molecular weight excluding hydrogens is 232 g/mol. The van der Waals surface area contributed by atoms with E-state index in [4.69, 9.17) is 5.73 Å². The standard InChI is InChI=1S/C17H26N2/c1-11-7-12(2)9-13(8-11)19-17-10-16(18)14-5-3-4-6-15(14)17/h3-6,11-13,16-17,19H,7-10,18H2,1-2H3. The molecule has 2 nitrogen and oxygen atoms in total. The van der Waals surface area contributed by atoms with Crippen LogP contribution in [-0.2, 0) is 0 Å². The fourth-order valence-corrected chi connectivity index (χ4v) is 4.20. The number of hydrogen-bond acceptors (Lipinski definition) is 2. The smallest absolute Gasteiger partial charge is 0.0344 e. The van der Waals surface area contributed by atoms with Crippen LogP contribution in [-0.4, -0.2) is 6.04 Å². The summed E-state index contributed by atoms with van der Waals surface area (Å²) in [7, 11) is 0. The van der Waals surface area contributed by atoms with Crippen molar-refractivity contribution in [1.29, 1.82) is 0 Å². The van der Waals surface area contributed by atoms with Crippen molar-refractivity contribution in [2.75, 3.05) is 0 Å². The van der Waals surface area contributed by atoms with Crippen LogP contribution in [0.15, 0.2) is 24.3 Å². The van der Waals surface area contributed by atoms with Gasteiger partial charge in [0.1, 0.15) is 0 Å². The predicted octanol–water partition coefficient (Wildman–Crippen LogP) is 3.55. The normalized spacial score (nSPS) is 38.2. The van der Waals surface area contributed by atoms with E-state index in [1.54, 1.807) is 0 Å². The van der Waals surface area contributed by atoms with Gasteiger partial charge in [-0.25, -0.2) is 0 Å². The third-order valence-electron chi connectivity index (χ3n) is 4.88. The Bertz CT molecular complexity index is 433. The molecule has 4 unspecified atom stereocenters. The molecule has 19 heavy (non-hydrogen) atoms. The van der Waals surface area contributed by atoms with Gasteiger partial charge in [0, 0.05) is 18.1 Å². The predicted molar refractivity (Wildman–Crippen MR) is 79.8 cm³/mol. The fourth-order valence-electron chi connectivity index (χ4n) is 4.20. The summed E-state index contributed by atoms with van der Waals surface area (Å²) in [5, 5.41) is 3.89. The zero-order chi connectivity index (χ0) is 13.4. The van der Waals surface area contributed by atoms with Gasteiger partial charge in [-0.05, 0) is 48.6 Å². The van der Waals surface area contributed by atoms with Crippen LogP contribution in [0.4, 0.5) is 0 Å². The van der Waals surface area contributed by atoms with Crippen LogP contribution in [0.2, 0.25) is 0 Å². The van der Waals surface area contributed by atoms with Crippen molar-refractivity contribution in [1.82, 2.24) is 5.32 Å². The minimum atomic E-state index is 0.215. The first-order valence-electron chi connectivity index (χ1n) is 7.74. The first-order valence-corrected chi connectivity index (χ1v) is 7.74. The Hall–Kier alpha value is -0.860. The fraction of sp³-hybridized carbons (Fsp3) is 0.647. The molecule has 0 bridgehead atoms. The van der Waals surface area contributed by atoms with Gasteiger partial charge < -0.3 is 11.1 Å². The molecule has 2 aliphatic rings. The summed E-state index contributed by atoms with van der Waals surface area (Å²) in [6.07, 6.45) is 5.08. The number of nitrogens with two attached hydrogens (primary N) is 1. The second-order valence-electron chi connectivity index (χ2n) is 6.80. The Labute approximate surface area is 116 Å². The van der Waals surface area contributed by atoms with Crippen LogP contribution in [0.1, 0.15) is 62.7 Å². The van der Waals surface area contributed by atoms with Crippen LogP contribution in [0.25, 0.3) is 0 Å². The van der Waals surface area contributed by atoms with Crippen molar-refractivity contribution in [2.24, 2.45) is 17.6 Å². The van der Waals surface area contributed by atoms with E-state index in [1.165, 1.54) is 30.4 Å². The van der Waals surface area contributed by atoms with E-state index in [0.717, 1.165) is 18.3 Å². The summed E-state index contributed by atoms with van der Waals surface area (Å²) in [6, 6.07) is 10.0. The molecule has 0 spiro atoms. The maximum atomic E-state index is 6.26. The van der Waals surface area contributed by atoms with Gasteiger partial charge in [0.25, 0.3) is 0 Å². The second-order valence-corrected chi connectivity index (χ2v) is 6.80. The minimum Gasteiger partial charge on any atom is -0.324 e. The molecule has 1 aromatic rings. The number of nitrogens with one attached hydrogen (secondary N) is 1. The third kappa shape index (κ3) is 2.70. The topological polar surface area (TPSA) is 38.0 Å². The second kappa shape index (κ2) is 5.26. The Morgan fingerprint density at radius 3 is 2.26 bits per heavy atom. The summed E-state index contributed by atoms with van der Waals surface area (Å²) in [4.78, 5) is 0. The van der Waals surface area contributed by atoms with E-state index in [-0.39, 0.29) is 6.04 Å². The number of benzene rings is 1. The molecule has 1 saturated carbocycles. The van der Waals surface area contributed by atoms with Gasteiger partial charge in [-0.15, -0.1) is 0 Å². The van der Waals surface area contributed by atoms with Crippen LogP contribution < -0.4 is 11.1 Å². The first kappa shape index (κ1) is 13.1. The molecule has 0 radical (unpaired) electrons. The number of fused-ring (bicyclic) bond motifs is 1. The van der Waals surface area contributed by atoms with E-state index in [9.17, 15) is 0 Å². The van der Waals surface area contributed by atoms with Gasteiger partial charge >= 0.3 is 0 Å². The lowest BCUT2D eigenvalue weighted by Gasteiger charge is -2.34. The highest BCUT2D eigenvalue weighted by Crippen LogP contribution is 2.39. The molecule has 0 saturated heterocycles. The van der Waals surface area contributed by atoms with E-state index in [1.807, 2.05) is 0 Å². The molecule has 0 heterocycles. The van der Waals surface area contributed by atoms with Crippen LogP contribution in [0.5, 0.6) is 0 Å². The SMILES string of the molecule is CC1CC(C)CC(NC2CC(N)c3ccccc32)C1. The van der Waals surface area contributed by atoms with Gasteiger partial charge in [0.05, 0.1) is 0 Å². The van der Waals surface area contributed by atoms with Crippen molar-refractivity contribution < 1.29 is 0 Å². The quantitative estimate of drug-likeness (QED) is 0.851. The third-order valence-corrected chi connectivity index (χ3v) is 4.88. The molecule has 3 rings (SSSR count). The van der Waals surface area contributed by atoms with E-state index in [0.29, 0.717) is 12.1 Å². The molecule has 1 aromatic carbocycles. The zero-order valence-corrected chi connectivity index (χ0v) is 12.1. The zero-order valence-electron chi connectivity index (χ0n) is 12.1. The lowest BCUT2D eigenvalue weighted by atomic mass is 9.80. The summed E-state index contributed by atoms with van der Waals surface area (Å²) in [5.74, 6) is 1.71. The molecule has 1 fully saturated rings. The lowest BCUT2D eigenvalue weighted by molar-refractivity contribution is 0.224. The monoisotopic (exact) mass is 258 g/mol. The van der Waals surface area contributed by atoms with Crippen molar-refractivity contribution in [2.45, 2.75) is 57.7 Å². The average molecular weight is 258 g/mol. The van der Waals surface area contributed by atoms with Crippen molar-refractivity contribution >= 4 is 0 Å². The Morgan fingerprint density at radius 2 is 1.58 bits per heavy atom. The molecule has 0 amide bonds. The molecule has 4 atom stereocenters.